The summed E-state index contributed by atoms with van der Waals surface area (Å²) in [7, 11) is 0. The highest BCUT2D eigenvalue weighted by Gasteiger charge is 2.40. The number of hydrogen-bond donors (Lipinski definition) is 1. The molecule has 2 aliphatic rings. The molecule has 10 heteroatoms. The largest absolute Gasteiger partial charge is 0.340 e. The first-order valence-electron chi connectivity index (χ1n) is 10.2. The van der Waals surface area contributed by atoms with Gasteiger partial charge in [-0.25, -0.2) is 0 Å². The molecule has 1 aromatic carbocycles. The van der Waals surface area contributed by atoms with E-state index in [9.17, 15) is 4.79 Å². The molecular weight excluding hydrogens is 425 g/mol. The summed E-state index contributed by atoms with van der Waals surface area (Å²) in [5.74, 6) is 1.00. The van der Waals surface area contributed by atoms with Gasteiger partial charge < -0.3 is 10.6 Å². The van der Waals surface area contributed by atoms with Crippen LogP contribution in [0.5, 0.6) is 0 Å². The summed E-state index contributed by atoms with van der Waals surface area (Å²) in [6.45, 7) is 5.82. The number of hydrogen-bond acceptors (Lipinski definition) is 6. The van der Waals surface area contributed by atoms with E-state index in [4.69, 9.17) is 5.73 Å². The third kappa shape index (κ3) is 5.29. The predicted molar refractivity (Wildman–Crippen MR) is 120 cm³/mol. The number of benzene rings is 1. The fourth-order valence-electron chi connectivity index (χ4n) is 4.38. The Kier molecular flexibility index (Phi) is 8.61. The molecule has 2 atom stereocenters. The maximum atomic E-state index is 13.0. The molecule has 0 radical (unpaired) electrons. The van der Waals surface area contributed by atoms with Gasteiger partial charge in [0.1, 0.15) is 0 Å². The number of carbonyl (C=O) groups excluding carboxylic acids is 1. The van der Waals surface area contributed by atoms with Gasteiger partial charge in [-0.05, 0) is 42.3 Å². The Morgan fingerprint density at radius 1 is 1.13 bits per heavy atom. The van der Waals surface area contributed by atoms with Crippen LogP contribution in [-0.2, 0) is 11.3 Å². The van der Waals surface area contributed by atoms with Gasteiger partial charge in [0.25, 0.3) is 0 Å². The van der Waals surface area contributed by atoms with Gasteiger partial charge >= 0.3 is 0 Å². The van der Waals surface area contributed by atoms with Crippen molar-refractivity contribution in [3.63, 3.8) is 0 Å². The molecule has 2 fully saturated rings. The first-order valence-corrected chi connectivity index (χ1v) is 10.2. The quantitative estimate of drug-likeness (QED) is 0.757. The molecule has 4 rings (SSSR count). The minimum absolute atomic E-state index is 0. The number of rotatable bonds is 4. The molecule has 8 nitrogen and oxygen atoms in total. The number of nitrogens with two attached hydrogens (primary N) is 1. The van der Waals surface area contributed by atoms with Crippen molar-refractivity contribution in [1.82, 2.24) is 30.0 Å². The molecule has 2 N–H and O–H groups in total. The summed E-state index contributed by atoms with van der Waals surface area (Å²) in [6, 6.07) is 9.90. The number of carbonyl (C=O) groups is 1. The van der Waals surface area contributed by atoms with E-state index in [0.29, 0.717) is 6.54 Å². The lowest BCUT2D eigenvalue weighted by Gasteiger charge is -2.42. The molecule has 1 aromatic heterocycles. The first kappa shape index (κ1) is 24.5. The number of halogens is 2. The van der Waals surface area contributed by atoms with Crippen molar-refractivity contribution in [1.29, 1.82) is 0 Å². The second-order valence-corrected chi connectivity index (χ2v) is 8.25. The van der Waals surface area contributed by atoms with E-state index in [-0.39, 0.29) is 42.2 Å². The van der Waals surface area contributed by atoms with Crippen LogP contribution in [0.15, 0.2) is 30.3 Å². The molecule has 166 valence electrons. The van der Waals surface area contributed by atoms with Gasteiger partial charge in [0.15, 0.2) is 5.82 Å². The van der Waals surface area contributed by atoms with Gasteiger partial charge in [-0.3, -0.25) is 9.69 Å². The molecular formula is C20H31Cl2N7O. The van der Waals surface area contributed by atoms with E-state index < -0.39 is 0 Å². The molecule has 30 heavy (non-hydrogen) atoms. The minimum atomic E-state index is -0.371. The topological polar surface area (TPSA) is 93.2 Å². The highest BCUT2D eigenvalue weighted by molar-refractivity contribution is 5.85. The maximum Gasteiger partial charge on any atom is 0.227 e. The molecule has 2 heterocycles. The summed E-state index contributed by atoms with van der Waals surface area (Å²) in [4.78, 5) is 17.3. The Hall–Kier alpha value is -1.74. The Balaban J connectivity index is 0.00000160. The number of piperazine rings is 1. The second kappa shape index (κ2) is 10.5. The summed E-state index contributed by atoms with van der Waals surface area (Å²) in [5, 5.41) is 12.2. The Morgan fingerprint density at radius 2 is 1.83 bits per heavy atom. The molecule has 1 aliphatic heterocycles. The zero-order valence-corrected chi connectivity index (χ0v) is 18.9. The lowest BCUT2D eigenvalue weighted by Crippen LogP contribution is -2.57. The fraction of sp³-hybridized carbons (Fsp3) is 0.600. The summed E-state index contributed by atoms with van der Waals surface area (Å²) in [5.41, 5.74) is 7.02. The highest BCUT2D eigenvalue weighted by Crippen LogP contribution is 2.33. The van der Waals surface area contributed by atoms with Gasteiger partial charge in [0.05, 0.1) is 18.2 Å². The van der Waals surface area contributed by atoms with Crippen molar-refractivity contribution in [3.05, 3.63) is 36.2 Å². The van der Waals surface area contributed by atoms with Gasteiger partial charge in [-0.1, -0.05) is 31.0 Å². The Morgan fingerprint density at radius 3 is 2.50 bits per heavy atom. The smallest absolute Gasteiger partial charge is 0.227 e. The highest BCUT2D eigenvalue weighted by atomic mass is 35.5. The third-order valence-electron chi connectivity index (χ3n) is 6.14. The van der Waals surface area contributed by atoms with Crippen LogP contribution >= 0.6 is 24.8 Å². The van der Waals surface area contributed by atoms with Gasteiger partial charge in [-0.2, -0.15) is 4.68 Å². The van der Waals surface area contributed by atoms with Crippen molar-refractivity contribution < 1.29 is 4.79 Å². The van der Waals surface area contributed by atoms with Crippen LogP contribution in [0.2, 0.25) is 0 Å². The standard InChI is InChI=1S/C20H29N7O.2ClH/c1-20(21)10-6-5-9-17(20)19(28)26-13-11-25(12-14-26)15-18-22-23-24-27(18)16-7-3-2-4-8-16;;/h2-4,7-8,17H,5-6,9-15,21H2,1H3;2*1H. The first-order chi connectivity index (χ1) is 13.5. The van der Waals surface area contributed by atoms with Gasteiger partial charge in [-0.15, -0.1) is 29.9 Å². The normalized spacial score (nSPS) is 24.6. The maximum absolute atomic E-state index is 13.0. The van der Waals surface area contributed by atoms with Crippen molar-refractivity contribution in [2.45, 2.75) is 44.7 Å². The summed E-state index contributed by atoms with van der Waals surface area (Å²) in [6.07, 6.45) is 4.08. The monoisotopic (exact) mass is 455 g/mol. The molecule has 2 aromatic rings. The Labute approximate surface area is 190 Å². The van der Waals surface area contributed by atoms with Gasteiger partial charge in [0.2, 0.25) is 5.91 Å². The second-order valence-electron chi connectivity index (χ2n) is 8.25. The van der Waals surface area contributed by atoms with Gasteiger partial charge in [0, 0.05) is 31.7 Å². The van der Waals surface area contributed by atoms with Crippen molar-refractivity contribution in [3.8, 4) is 5.69 Å². The zero-order valence-electron chi connectivity index (χ0n) is 17.3. The molecule has 1 amide bonds. The summed E-state index contributed by atoms with van der Waals surface area (Å²) < 4.78 is 1.78. The number of amides is 1. The lowest BCUT2D eigenvalue weighted by atomic mass is 9.74. The fourth-order valence-corrected chi connectivity index (χ4v) is 4.38. The molecule has 1 saturated heterocycles. The molecule has 0 bridgehead atoms. The molecule has 1 aliphatic carbocycles. The van der Waals surface area contributed by atoms with Crippen LogP contribution < -0.4 is 5.73 Å². The van der Waals surface area contributed by atoms with Crippen LogP contribution in [-0.4, -0.2) is 67.6 Å². The average Bonchev–Trinajstić information content (AvgIpc) is 3.16. The lowest BCUT2D eigenvalue weighted by molar-refractivity contribution is -0.140. The van der Waals surface area contributed by atoms with Crippen LogP contribution in [0.3, 0.4) is 0 Å². The SMILES string of the molecule is CC1(N)CCCCC1C(=O)N1CCN(Cc2nnnn2-c2ccccc2)CC1.Cl.Cl. The van der Waals surface area contributed by atoms with E-state index in [1.54, 1.807) is 4.68 Å². The van der Waals surface area contributed by atoms with Crippen LogP contribution in [0.4, 0.5) is 0 Å². The summed E-state index contributed by atoms with van der Waals surface area (Å²) >= 11 is 0. The third-order valence-corrected chi connectivity index (χ3v) is 6.14. The molecule has 1 saturated carbocycles. The number of aromatic nitrogens is 4. The van der Waals surface area contributed by atoms with Crippen LogP contribution in [0.1, 0.15) is 38.4 Å². The van der Waals surface area contributed by atoms with E-state index in [1.807, 2.05) is 42.2 Å². The Bertz CT molecular complexity index is 806. The minimum Gasteiger partial charge on any atom is -0.340 e. The van der Waals surface area contributed by atoms with Crippen molar-refractivity contribution in [2.24, 2.45) is 11.7 Å². The zero-order chi connectivity index (χ0) is 19.6. The predicted octanol–water partition coefficient (Wildman–Crippen LogP) is 2.06. The van der Waals surface area contributed by atoms with Crippen molar-refractivity contribution in [2.75, 3.05) is 26.2 Å². The van der Waals surface area contributed by atoms with E-state index in [2.05, 4.69) is 20.4 Å². The molecule has 0 spiro atoms. The van der Waals surface area contributed by atoms with E-state index in [0.717, 1.165) is 63.4 Å². The average molecular weight is 456 g/mol. The van der Waals surface area contributed by atoms with Crippen LogP contribution in [0, 0.1) is 5.92 Å². The molecule has 2 unspecified atom stereocenters. The van der Waals surface area contributed by atoms with Crippen molar-refractivity contribution >= 4 is 30.7 Å². The number of para-hydroxylation sites is 1. The number of tetrazole rings is 1. The van der Waals surface area contributed by atoms with Crippen LogP contribution in [0.25, 0.3) is 5.69 Å². The van der Waals surface area contributed by atoms with E-state index in [1.165, 1.54) is 0 Å². The van der Waals surface area contributed by atoms with E-state index >= 15 is 0 Å². The number of nitrogens with zero attached hydrogens (tertiary/aromatic N) is 6.